The largest absolute Gasteiger partial charge is 0.396 e. The summed E-state index contributed by atoms with van der Waals surface area (Å²) in [5, 5.41) is 17.3. The van der Waals surface area contributed by atoms with E-state index in [1.807, 2.05) is 0 Å². The number of aliphatic hydroxyl groups is 2. The van der Waals surface area contributed by atoms with Crippen molar-refractivity contribution < 1.29 is 10.2 Å². The number of hydrogen-bond acceptors (Lipinski definition) is 2. The molecule has 0 bridgehead atoms. The van der Waals surface area contributed by atoms with Gasteiger partial charge in [-0.05, 0) is 12.8 Å². The summed E-state index contributed by atoms with van der Waals surface area (Å²) in [5.41, 5.74) is 0. The van der Waals surface area contributed by atoms with Crippen molar-refractivity contribution in [2.24, 2.45) is 0 Å². The van der Waals surface area contributed by atoms with Crippen molar-refractivity contribution in [3.8, 4) is 0 Å². The second kappa shape index (κ2) is 37.5. The zero-order valence-electron chi connectivity index (χ0n) is 24.1. The topological polar surface area (TPSA) is 40.5 Å². The molecule has 0 radical (unpaired) electrons. The lowest BCUT2D eigenvalue weighted by Crippen LogP contribution is -1.84. The molecule has 2 heteroatoms. The third-order valence-corrected chi connectivity index (χ3v) is 7.02. The first-order chi connectivity index (χ1) is 16.8. The molecule has 0 saturated carbocycles. The molecule has 2 N–H and O–H groups in total. The molecule has 0 aromatic heterocycles. The maximum atomic E-state index is 8.64. The number of rotatable bonds is 28. The number of unbranched alkanes of at least 4 members (excludes halogenated alkanes) is 26. The number of hydrogen-bond donors (Lipinski definition) is 2. The SMILES string of the molecule is CCCCCCCCCCCCCCCCO.CCCCCCCCCCCCCCCCO. The van der Waals surface area contributed by atoms with Gasteiger partial charge in [0.15, 0.2) is 0 Å². The van der Waals surface area contributed by atoms with E-state index in [0.717, 1.165) is 12.8 Å². The molecule has 0 amide bonds. The van der Waals surface area contributed by atoms with Crippen LogP contribution in [0.1, 0.15) is 194 Å². The molecule has 34 heavy (non-hydrogen) atoms. The highest BCUT2D eigenvalue weighted by atomic mass is 16.3. The lowest BCUT2D eigenvalue weighted by Gasteiger charge is -2.02. The molecule has 2 nitrogen and oxygen atoms in total. The summed E-state index contributed by atoms with van der Waals surface area (Å²) in [7, 11) is 0. The molecule has 0 rings (SSSR count). The molecule has 0 aliphatic rings. The van der Waals surface area contributed by atoms with Crippen molar-refractivity contribution in [1.29, 1.82) is 0 Å². The molecule has 0 fully saturated rings. The van der Waals surface area contributed by atoms with Gasteiger partial charge in [-0.2, -0.15) is 0 Å². The second-order valence-corrected chi connectivity index (χ2v) is 10.6. The third-order valence-electron chi connectivity index (χ3n) is 7.02. The van der Waals surface area contributed by atoms with Gasteiger partial charge in [0.25, 0.3) is 0 Å². The molecule has 208 valence electrons. The normalized spacial score (nSPS) is 10.9. The van der Waals surface area contributed by atoms with Crippen molar-refractivity contribution in [1.82, 2.24) is 0 Å². The van der Waals surface area contributed by atoms with Crippen molar-refractivity contribution >= 4 is 0 Å². The van der Waals surface area contributed by atoms with Gasteiger partial charge < -0.3 is 10.2 Å². The maximum Gasteiger partial charge on any atom is 0.0431 e. The van der Waals surface area contributed by atoms with Crippen molar-refractivity contribution in [3.05, 3.63) is 0 Å². The van der Waals surface area contributed by atoms with E-state index in [1.165, 1.54) is 167 Å². The number of aliphatic hydroxyl groups excluding tert-OH is 2. The van der Waals surface area contributed by atoms with Gasteiger partial charge in [0.1, 0.15) is 0 Å². The fourth-order valence-electron chi connectivity index (χ4n) is 4.61. The predicted molar refractivity (Wildman–Crippen MR) is 155 cm³/mol. The lowest BCUT2D eigenvalue weighted by molar-refractivity contribution is 0.282. The third kappa shape index (κ3) is 39.1. The van der Waals surface area contributed by atoms with Crippen LogP contribution in [0, 0.1) is 0 Å². The molecule has 0 heterocycles. The Morgan fingerprint density at radius 3 is 0.529 bits per heavy atom. The van der Waals surface area contributed by atoms with Crippen LogP contribution in [0.15, 0.2) is 0 Å². The Morgan fingerprint density at radius 2 is 0.382 bits per heavy atom. The summed E-state index contributed by atoms with van der Waals surface area (Å²) in [4.78, 5) is 0. The first-order valence-corrected chi connectivity index (χ1v) is 16.0. The molecule has 0 aromatic carbocycles. The fraction of sp³-hybridized carbons (Fsp3) is 1.00. The highest BCUT2D eigenvalue weighted by Crippen LogP contribution is 2.14. The minimum absolute atomic E-state index is 0.373. The molecule has 0 aromatic rings. The molecular weight excluding hydrogens is 416 g/mol. The Bertz CT molecular complexity index is 247. The van der Waals surface area contributed by atoms with Crippen molar-refractivity contribution in [3.63, 3.8) is 0 Å². The van der Waals surface area contributed by atoms with Gasteiger partial charge in [0.2, 0.25) is 0 Å². The minimum atomic E-state index is 0.373. The van der Waals surface area contributed by atoms with E-state index in [4.69, 9.17) is 10.2 Å². The van der Waals surface area contributed by atoms with E-state index in [0.29, 0.717) is 13.2 Å². The van der Waals surface area contributed by atoms with Gasteiger partial charge in [0, 0.05) is 13.2 Å². The zero-order valence-corrected chi connectivity index (χ0v) is 24.1. The second-order valence-electron chi connectivity index (χ2n) is 10.6. The zero-order chi connectivity index (χ0) is 25.2. The van der Waals surface area contributed by atoms with Crippen LogP contribution >= 0.6 is 0 Å². The van der Waals surface area contributed by atoms with E-state index in [-0.39, 0.29) is 0 Å². The molecule has 0 spiro atoms. The molecule has 0 aliphatic carbocycles. The van der Waals surface area contributed by atoms with E-state index in [9.17, 15) is 0 Å². The highest BCUT2D eigenvalue weighted by molar-refractivity contribution is 4.50. The predicted octanol–water partition coefficient (Wildman–Crippen LogP) is 10.9. The van der Waals surface area contributed by atoms with Crippen molar-refractivity contribution in [2.75, 3.05) is 13.2 Å². The lowest BCUT2D eigenvalue weighted by atomic mass is 10.0. The van der Waals surface area contributed by atoms with Crippen LogP contribution in [-0.4, -0.2) is 23.4 Å². The Kier molecular flexibility index (Phi) is 39.8. The quantitative estimate of drug-likeness (QED) is 0.108. The Balaban J connectivity index is 0. The standard InChI is InChI=1S/2C16H34O/c2*1-2-3-4-5-6-7-8-9-10-11-12-13-14-15-16-17/h2*17H,2-16H2,1H3. The van der Waals surface area contributed by atoms with Crippen LogP contribution in [0.4, 0.5) is 0 Å². The van der Waals surface area contributed by atoms with Gasteiger partial charge in [-0.1, -0.05) is 181 Å². The molecule has 0 atom stereocenters. The Hall–Kier alpha value is -0.0800. The molecule has 0 unspecified atom stereocenters. The van der Waals surface area contributed by atoms with E-state index in [1.54, 1.807) is 0 Å². The smallest absolute Gasteiger partial charge is 0.0431 e. The molecule has 0 saturated heterocycles. The Labute approximate surface area is 217 Å². The van der Waals surface area contributed by atoms with Crippen LogP contribution in [0.2, 0.25) is 0 Å². The first-order valence-electron chi connectivity index (χ1n) is 16.0. The van der Waals surface area contributed by atoms with Crippen LogP contribution in [0.3, 0.4) is 0 Å². The average Bonchev–Trinajstić information content (AvgIpc) is 2.85. The summed E-state index contributed by atoms with van der Waals surface area (Å²) in [5.74, 6) is 0. The Morgan fingerprint density at radius 1 is 0.235 bits per heavy atom. The molecule has 0 aliphatic heterocycles. The van der Waals surface area contributed by atoms with Crippen molar-refractivity contribution in [2.45, 2.75) is 194 Å². The van der Waals surface area contributed by atoms with Gasteiger partial charge in [-0.15, -0.1) is 0 Å². The first kappa shape index (κ1) is 36.1. The van der Waals surface area contributed by atoms with Gasteiger partial charge in [-0.25, -0.2) is 0 Å². The van der Waals surface area contributed by atoms with Crippen LogP contribution in [-0.2, 0) is 0 Å². The van der Waals surface area contributed by atoms with E-state index < -0.39 is 0 Å². The van der Waals surface area contributed by atoms with Gasteiger partial charge in [0.05, 0.1) is 0 Å². The molecular formula is C32H68O2. The van der Waals surface area contributed by atoms with Gasteiger partial charge in [-0.3, -0.25) is 0 Å². The summed E-state index contributed by atoms with van der Waals surface area (Å²) in [6.07, 6.45) is 38.4. The van der Waals surface area contributed by atoms with E-state index >= 15 is 0 Å². The average molecular weight is 485 g/mol. The van der Waals surface area contributed by atoms with Gasteiger partial charge >= 0.3 is 0 Å². The monoisotopic (exact) mass is 485 g/mol. The summed E-state index contributed by atoms with van der Waals surface area (Å²) in [6.45, 7) is 5.30. The van der Waals surface area contributed by atoms with Crippen LogP contribution in [0.5, 0.6) is 0 Å². The summed E-state index contributed by atoms with van der Waals surface area (Å²) < 4.78 is 0. The fourth-order valence-corrected chi connectivity index (χ4v) is 4.61. The van der Waals surface area contributed by atoms with E-state index in [2.05, 4.69) is 13.8 Å². The van der Waals surface area contributed by atoms with Crippen LogP contribution in [0.25, 0.3) is 0 Å². The summed E-state index contributed by atoms with van der Waals surface area (Å²) in [6, 6.07) is 0. The minimum Gasteiger partial charge on any atom is -0.396 e. The summed E-state index contributed by atoms with van der Waals surface area (Å²) >= 11 is 0. The highest BCUT2D eigenvalue weighted by Gasteiger charge is 1.94. The maximum absolute atomic E-state index is 8.64. The van der Waals surface area contributed by atoms with Crippen LogP contribution < -0.4 is 0 Å².